The molecule has 0 aliphatic carbocycles. The van der Waals surface area contributed by atoms with E-state index in [4.69, 9.17) is 9.47 Å². The van der Waals surface area contributed by atoms with Crippen LogP contribution in [0.2, 0.25) is 0 Å². The Balaban J connectivity index is 1.62. The monoisotopic (exact) mass is 431 g/mol. The number of alkyl halides is 2. The van der Waals surface area contributed by atoms with Gasteiger partial charge in [-0.1, -0.05) is 24.3 Å². The highest BCUT2D eigenvalue weighted by Crippen LogP contribution is 2.32. The summed E-state index contributed by atoms with van der Waals surface area (Å²) in [6, 6.07) is 13.0. The van der Waals surface area contributed by atoms with Crippen LogP contribution >= 0.6 is 0 Å². The lowest BCUT2D eigenvalue weighted by Gasteiger charge is -2.17. The van der Waals surface area contributed by atoms with Crippen molar-refractivity contribution in [2.45, 2.75) is 33.5 Å². The van der Waals surface area contributed by atoms with Gasteiger partial charge in [-0.05, 0) is 32.0 Å². The number of hydrogen-bond donors (Lipinski definition) is 2. The first-order valence-corrected chi connectivity index (χ1v) is 10.1. The molecule has 1 aromatic heterocycles. The van der Waals surface area contributed by atoms with Crippen LogP contribution in [0.5, 0.6) is 11.5 Å². The number of nitrogens with zero attached hydrogens (tertiary/aromatic N) is 3. The van der Waals surface area contributed by atoms with Crippen LogP contribution in [-0.2, 0) is 13.1 Å². The molecule has 0 spiro atoms. The molecule has 0 amide bonds. The van der Waals surface area contributed by atoms with E-state index in [0.717, 1.165) is 16.9 Å². The number of imidazole rings is 1. The number of nitrogens with one attached hydrogen (secondary N) is 2. The fourth-order valence-corrected chi connectivity index (χ4v) is 3.36. The quantitative estimate of drug-likeness (QED) is 0.399. The van der Waals surface area contributed by atoms with Gasteiger partial charge in [0.25, 0.3) is 0 Å². The summed E-state index contributed by atoms with van der Waals surface area (Å²) >= 11 is 0. The molecule has 0 fully saturated rings. The number of halogens is 2. The lowest BCUT2D eigenvalue weighted by atomic mass is 10.2. The number of benzene rings is 2. The fraction of sp³-hybridized carbons (Fsp3) is 0.364. The predicted octanol–water partition coefficient (Wildman–Crippen LogP) is 3.71. The van der Waals surface area contributed by atoms with E-state index in [-0.39, 0.29) is 18.0 Å². The number of aliphatic imine (C=N–C) groups is 1. The van der Waals surface area contributed by atoms with E-state index in [9.17, 15) is 8.78 Å². The van der Waals surface area contributed by atoms with Crippen molar-refractivity contribution in [2.75, 3.05) is 20.2 Å². The lowest BCUT2D eigenvalue weighted by Crippen LogP contribution is -2.38. The highest BCUT2D eigenvalue weighted by Gasteiger charge is 2.16. The molecule has 1 heterocycles. The van der Waals surface area contributed by atoms with Crippen molar-refractivity contribution in [3.05, 3.63) is 53.9 Å². The van der Waals surface area contributed by atoms with Gasteiger partial charge in [0.2, 0.25) is 0 Å². The summed E-state index contributed by atoms with van der Waals surface area (Å²) < 4.78 is 38.0. The van der Waals surface area contributed by atoms with Crippen molar-refractivity contribution in [2.24, 2.45) is 4.99 Å². The Kier molecular flexibility index (Phi) is 7.64. The number of fused-ring (bicyclic) bond motifs is 1. The molecule has 166 valence electrons. The summed E-state index contributed by atoms with van der Waals surface area (Å²) in [4.78, 5) is 8.77. The second-order valence-electron chi connectivity index (χ2n) is 6.71. The maximum Gasteiger partial charge on any atom is 0.387 e. The van der Waals surface area contributed by atoms with E-state index in [1.54, 1.807) is 32.2 Å². The third-order valence-corrected chi connectivity index (χ3v) is 4.71. The Bertz CT molecular complexity index is 1040. The summed E-state index contributed by atoms with van der Waals surface area (Å²) in [5.41, 5.74) is 2.58. The van der Waals surface area contributed by atoms with E-state index >= 15 is 0 Å². The molecule has 0 saturated heterocycles. The summed E-state index contributed by atoms with van der Waals surface area (Å²) in [6.45, 7) is 2.73. The van der Waals surface area contributed by atoms with Crippen molar-refractivity contribution >= 4 is 17.0 Å². The van der Waals surface area contributed by atoms with Crippen LogP contribution in [-0.4, -0.2) is 42.3 Å². The fourth-order valence-electron chi connectivity index (χ4n) is 3.36. The molecule has 7 nitrogen and oxygen atoms in total. The van der Waals surface area contributed by atoms with Crippen molar-refractivity contribution in [3.63, 3.8) is 0 Å². The van der Waals surface area contributed by atoms with Gasteiger partial charge in [-0.25, -0.2) is 4.98 Å². The molecule has 0 atom stereocenters. The minimum absolute atomic E-state index is 0.0304. The molecule has 3 rings (SSSR count). The van der Waals surface area contributed by atoms with Crippen LogP contribution in [0, 0.1) is 6.92 Å². The van der Waals surface area contributed by atoms with E-state index in [1.807, 2.05) is 31.2 Å². The Morgan fingerprint density at radius 3 is 2.71 bits per heavy atom. The van der Waals surface area contributed by atoms with Gasteiger partial charge < -0.3 is 24.7 Å². The molecule has 9 heteroatoms. The smallest absolute Gasteiger partial charge is 0.387 e. The predicted molar refractivity (Wildman–Crippen MR) is 117 cm³/mol. The number of para-hydroxylation sites is 3. The number of ether oxygens (including phenoxy) is 2. The summed E-state index contributed by atoms with van der Waals surface area (Å²) in [7, 11) is 1.65. The van der Waals surface area contributed by atoms with Gasteiger partial charge in [0.05, 0.1) is 17.6 Å². The third-order valence-electron chi connectivity index (χ3n) is 4.71. The second-order valence-corrected chi connectivity index (χ2v) is 6.71. The molecule has 0 bridgehead atoms. The molecule has 0 saturated carbocycles. The molecule has 0 radical (unpaired) electrons. The molecule has 0 unspecified atom stereocenters. The molecular weight excluding hydrogens is 404 g/mol. The third kappa shape index (κ3) is 5.62. The van der Waals surface area contributed by atoms with Crippen molar-refractivity contribution < 1.29 is 18.3 Å². The zero-order valence-corrected chi connectivity index (χ0v) is 17.9. The second kappa shape index (κ2) is 10.6. The minimum Gasteiger partial charge on any atom is -0.490 e. The summed E-state index contributed by atoms with van der Waals surface area (Å²) in [6.07, 6.45) is 0. The maximum absolute atomic E-state index is 12.9. The molecule has 31 heavy (non-hydrogen) atoms. The van der Waals surface area contributed by atoms with Crippen LogP contribution in [0.4, 0.5) is 8.78 Å². The maximum atomic E-state index is 12.9. The van der Waals surface area contributed by atoms with Crippen molar-refractivity contribution in [3.8, 4) is 11.5 Å². The van der Waals surface area contributed by atoms with Crippen LogP contribution in [0.3, 0.4) is 0 Å². The number of rotatable bonds is 9. The van der Waals surface area contributed by atoms with Gasteiger partial charge in [-0.2, -0.15) is 8.78 Å². The first-order valence-electron chi connectivity index (χ1n) is 10.1. The van der Waals surface area contributed by atoms with Crippen LogP contribution in [0.25, 0.3) is 11.0 Å². The van der Waals surface area contributed by atoms with Crippen LogP contribution in [0.15, 0.2) is 47.5 Å². The van der Waals surface area contributed by atoms with Crippen LogP contribution in [0.1, 0.15) is 18.3 Å². The molecule has 3 aromatic rings. The largest absolute Gasteiger partial charge is 0.490 e. The molecular formula is C22H27F2N5O2. The van der Waals surface area contributed by atoms with Crippen molar-refractivity contribution in [1.29, 1.82) is 0 Å². The van der Waals surface area contributed by atoms with Crippen LogP contribution < -0.4 is 20.1 Å². The number of aromatic nitrogens is 2. The SMILES string of the molecule is CCOc1cccc(CNC(=NC)NCCn2c(C)nc3ccccc32)c1OC(F)F. The molecule has 0 aliphatic heterocycles. The zero-order valence-electron chi connectivity index (χ0n) is 17.9. The first-order chi connectivity index (χ1) is 15.0. The van der Waals surface area contributed by atoms with Gasteiger partial charge in [0.1, 0.15) is 5.82 Å². The topological polar surface area (TPSA) is 72.7 Å². The van der Waals surface area contributed by atoms with E-state index < -0.39 is 6.61 Å². The number of aryl methyl sites for hydroxylation is 1. The van der Waals surface area contributed by atoms with Gasteiger partial charge >= 0.3 is 6.61 Å². The summed E-state index contributed by atoms with van der Waals surface area (Å²) in [5, 5.41) is 6.37. The average molecular weight is 431 g/mol. The average Bonchev–Trinajstić information content (AvgIpc) is 3.07. The van der Waals surface area contributed by atoms with Gasteiger partial charge in [0.15, 0.2) is 17.5 Å². The highest BCUT2D eigenvalue weighted by atomic mass is 19.3. The van der Waals surface area contributed by atoms with Gasteiger partial charge in [0, 0.05) is 32.2 Å². The first kappa shape index (κ1) is 22.3. The standard InChI is InChI=1S/C22H27F2N5O2/c1-4-30-19-11-7-8-16(20(19)31-21(23)24)14-27-22(25-3)26-12-13-29-15(2)28-17-9-5-6-10-18(17)29/h5-11,21H,4,12-14H2,1-3H3,(H2,25,26,27). The number of hydrogen-bond acceptors (Lipinski definition) is 4. The molecule has 2 aromatic carbocycles. The Morgan fingerprint density at radius 2 is 1.97 bits per heavy atom. The molecule has 2 N–H and O–H groups in total. The van der Waals surface area contributed by atoms with E-state index in [2.05, 4.69) is 25.2 Å². The molecule has 0 aliphatic rings. The summed E-state index contributed by atoms with van der Waals surface area (Å²) in [5.74, 6) is 1.80. The Morgan fingerprint density at radius 1 is 1.16 bits per heavy atom. The minimum atomic E-state index is -2.94. The number of guanidine groups is 1. The lowest BCUT2D eigenvalue weighted by molar-refractivity contribution is -0.0520. The normalized spacial score (nSPS) is 11.7. The van der Waals surface area contributed by atoms with Gasteiger partial charge in [-0.3, -0.25) is 4.99 Å². The Labute approximate surface area is 180 Å². The highest BCUT2D eigenvalue weighted by molar-refractivity contribution is 5.80. The van der Waals surface area contributed by atoms with Crippen molar-refractivity contribution in [1.82, 2.24) is 20.2 Å². The van der Waals surface area contributed by atoms with E-state index in [1.165, 1.54) is 0 Å². The zero-order chi connectivity index (χ0) is 22.2. The Hall–Kier alpha value is -3.36. The van der Waals surface area contributed by atoms with Gasteiger partial charge in [-0.15, -0.1) is 0 Å². The van der Waals surface area contributed by atoms with E-state index in [0.29, 0.717) is 31.2 Å².